The van der Waals surface area contributed by atoms with E-state index in [2.05, 4.69) is 34.0 Å². The van der Waals surface area contributed by atoms with Crippen LogP contribution in [-0.4, -0.2) is 103 Å². The molecule has 20 heteroatoms. The van der Waals surface area contributed by atoms with Crippen LogP contribution in [-0.2, 0) is 47.5 Å². The highest BCUT2D eigenvalue weighted by Crippen LogP contribution is 2.45. The molecular weight excluding hydrogens is 1100 g/mol. The van der Waals surface area contributed by atoms with E-state index in [1.165, 1.54) is 176 Å². The summed E-state index contributed by atoms with van der Waals surface area (Å²) in [6.07, 6.45) is 36.2. The number of fused-ring (bicyclic) bond motifs is 2. The van der Waals surface area contributed by atoms with Crippen LogP contribution >= 0.6 is 0 Å². The third-order valence-electron chi connectivity index (χ3n) is 16.6. The molecule has 0 aliphatic carbocycles. The number of hydrogen-bond donors (Lipinski definition) is 2. The lowest BCUT2D eigenvalue weighted by molar-refractivity contribution is -0.168. The molecule has 2 aromatic carbocycles. The summed E-state index contributed by atoms with van der Waals surface area (Å²) in [5, 5.41) is 8.29. The molecule has 4 saturated heterocycles. The first-order valence-electron chi connectivity index (χ1n) is 32.9. The van der Waals surface area contributed by atoms with Gasteiger partial charge in [-0.3, -0.25) is 19.2 Å². The highest BCUT2D eigenvalue weighted by molar-refractivity contribution is 5.88. The Balaban J connectivity index is 0.000000246. The fourth-order valence-corrected chi connectivity index (χ4v) is 11.7. The number of ether oxygens (including phenoxy) is 8. The Morgan fingerprint density at radius 1 is 0.407 bits per heavy atom. The number of carbonyl (C=O) groups is 4. The van der Waals surface area contributed by atoms with Crippen molar-refractivity contribution in [2.45, 2.75) is 281 Å². The zero-order chi connectivity index (χ0) is 60.6. The molecule has 20 nitrogen and oxygen atoms in total. The van der Waals surface area contributed by atoms with E-state index in [-0.39, 0.29) is 36.8 Å². The molecule has 0 radical (unpaired) electrons. The molecule has 0 spiro atoms. The van der Waals surface area contributed by atoms with Gasteiger partial charge in [0.1, 0.15) is 62.5 Å². The number of rotatable bonds is 42. The second-order valence-electron chi connectivity index (χ2n) is 23.6. The number of primary amides is 2. The van der Waals surface area contributed by atoms with Crippen LogP contribution in [0.15, 0.2) is 73.3 Å². The number of nitrogens with two attached hydrogens (primary N) is 2. The summed E-state index contributed by atoms with van der Waals surface area (Å²) in [5.41, 5.74) is 12.4. The molecule has 6 unspecified atom stereocenters. The number of esters is 2. The van der Waals surface area contributed by atoms with E-state index in [0.717, 1.165) is 49.7 Å². The van der Waals surface area contributed by atoms with Gasteiger partial charge in [-0.2, -0.15) is 0 Å². The van der Waals surface area contributed by atoms with Gasteiger partial charge in [0.15, 0.2) is 25.0 Å². The Bertz CT molecular complexity index is 2360. The summed E-state index contributed by atoms with van der Waals surface area (Å²) in [6, 6.07) is 19.2. The minimum atomic E-state index is -0.733. The van der Waals surface area contributed by atoms with Gasteiger partial charge in [0.05, 0.1) is 0 Å². The maximum absolute atomic E-state index is 12.5. The molecule has 2 amide bonds. The predicted octanol–water partition coefficient (Wildman–Crippen LogP) is 13.1. The number of aromatic nitrogens is 6. The Kier molecular flexibility index (Phi) is 30.5. The van der Waals surface area contributed by atoms with Gasteiger partial charge in [0.25, 0.3) is 11.8 Å². The van der Waals surface area contributed by atoms with E-state index in [0.29, 0.717) is 12.8 Å². The monoisotopic (exact) mass is 1200 g/mol. The molecule has 86 heavy (non-hydrogen) atoms. The molecular formula is C66H100N8O12. The summed E-state index contributed by atoms with van der Waals surface area (Å²) >= 11 is 0. The van der Waals surface area contributed by atoms with Crippen molar-refractivity contribution < 1.29 is 57.1 Å². The molecule has 4 aliphatic heterocycles. The average molecular weight is 1200 g/mol. The quantitative estimate of drug-likeness (QED) is 0.0309. The summed E-state index contributed by atoms with van der Waals surface area (Å²) in [6.45, 7) is 4.61. The topological polar surface area (TPSA) is 256 Å². The highest BCUT2D eigenvalue weighted by Gasteiger charge is 2.56. The lowest BCUT2D eigenvalue weighted by Gasteiger charge is -2.20. The van der Waals surface area contributed by atoms with Gasteiger partial charge < -0.3 is 49.4 Å². The van der Waals surface area contributed by atoms with Crippen LogP contribution in [0.2, 0.25) is 0 Å². The van der Waals surface area contributed by atoms with Gasteiger partial charge in [0, 0.05) is 24.0 Å². The van der Waals surface area contributed by atoms with Crippen LogP contribution in [0.3, 0.4) is 0 Å². The number of amides is 2. The Hall–Kier alpha value is -5.64. The van der Waals surface area contributed by atoms with Gasteiger partial charge in [-0.15, -0.1) is 10.2 Å². The summed E-state index contributed by atoms with van der Waals surface area (Å²) in [7, 11) is 0. The van der Waals surface area contributed by atoms with Crippen LogP contribution in [0.1, 0.15) is 277 Å². The Labute approximate surface area is 510 Å². The van der Waals surface area contributed by atoms with Gasteiger partial charge in [0.2, 0.25) is 11.6 Å². The van der Waals surface area contributed by atoms with E-state index in [1.54, 1.807) is 0 Å². The van der Waals surface area contributed by atoms with Gasteiger partial charge >= 0.3 is 11.9 Å². The van der Waals surface area contributed by atoms with Crippen molar-refractivity contribution >= 4 is 23.8 Å². The molecule has 4 fully saturated rings. The fraction of sp³-hybridized carbons (Fsp3) is 0.697. The van der Waals surface area contributed by atoms with Gasteiger partial charge in [-0.25, -0.2) is 19.3 Å². The SMILES string of the molecule is CCCCCCCCCCCCCCCCCC(=O)OC[C@H]1O[C@@H](n2cnc(C(N)=O)n2)C2OC(c3ccccc3)OC21.CCCCCCCCCCCCCCCCCC(=O)OC[C@H]1O[C@@H](n2cnc(C(N)=O)n2)C2OC(c3ccccc3)OC21. The predicted molar refractivity (Wildman–Crippen MR) is 324 cm³/mol. The largest absolute Gasteiger partial charge is 0.463 e. The van der Waals surface area contributed by atoms with Crippen LogP contribution in [0, 0.1) is 0 Å². The normalized spacial score (nSPS) is 23.0. The zero-order valence-electron chi connectivity index (χ0n) is 51.5. The molecule has 0 bridgehead atoms. The third-order valence-corrected chi connectivity index (χ3v) is 16.6. The third kappa shape index (κ3) is 22.5. The van der Waals surface area contributed by atoms with Crippen LogP contribution < -0.4 is 11.5 Å². The Morgan fingerprint density at radius 3 is 0.988 bits per heavy atom. The number of nitrogens with zero attached hydrogens (tertiary/aromatic N) is 6. The first kappa shape index (κ1) is 67.9. The summed E-state index contributed by atoms with van der Waals surface area (Å²) < 4.78 is 51.2. The molecule has 10 atom stereocenters. The second kappa shape index (κ2) is 38.6. The maximum Gasteiger partial charge on any atom is 0.305 e. The van der Waals surface area contributed by atoms with E-state index in [1.807, 2.05) is 60.7 Å². The maximum atomic E-state index is 12.5. The second-order valence-corrected chi connectivity index (χ2v) is 23.6. The fourth-order valence-electron chi connectivity index (χ4n) is 11.7. The van der Waals surface area contributed by atoms with E-state index in [4.69, 9.17) is 49.4 Å². The van der Waals surface area contributed by atoms with E-state index in [9.17, 15) is 19.2 Å². The van der Waals surface area contributed by atoms with Gasteiger partial charge in [-0.05, 0) is 12.8 Å². The lowest BCUT2D eigenvalue weighted by atomic mass is 10.0. The van der Waals surface area contributed by atoms with Gasteiger partial charge in [-0.1, -0.05) is 254 Å². The van der Waals surface area contributed by atoms with Crippen molar-refractivity contribution in [1.29, 1.82) is 0 Å². The van der Waals surface area contributed by atoms with Crippen molar-refractivity contribution in [2.24, 2.45) is 11.5 Å². The summed E-state index contributed by atoms with van der Waals surface area (Å²) in [4.78, 5) is 56.0. The minimum absolute atomic E-state index is 0.0392. The first-order chi connectivity index (χ1) is 42.1. The van der Waals surface area contributed by atoms with E-state index < -0.39 is 73.5 Å². The molecule has 4 aromatic rings. The van der Waals surface area contributed by atoms with E-state index >= 15 is 0 Å². The van der Waals surface area contributed by atoms with Crippen molar-refractivity contribution in [3.63, 3.8) is 0 Å². The molecule has 2 aromatic heterocycles. The highest BCUT2D eigenvalue weighted by atomic mass is 16.8. The average Bonchev–Trinajstić information content (AvgIpc) is 2.07. The molecule has 4 aliphatic rings. The molecule has 8 rings (SSSR count). The van der Waals surface area contributed by atoms with Crippen LogP contribution in [0.4, 0.5) is 0 Å². The zero-order valence-corrected chi connectivity index (χ0v) is 51.5. The Morgan fingerprint density at radius 2 is 0.698 bits per heavy atom. The summed E-state index contributed by atoms with van der Waals surface area (Å²) in [5.74, 6) is -2.18. The number of unbranched alkanes of at least 4 members (excludes halogenated alkanes) is 28. The lowest BCUT2D eigenvalue weighted by Crippen LogP contribution is -2.32. The van der Waals surface area contributed by atoms with Crippen molar-refractivity contribution in [3.05, 3.63) is 96.1 Å². The standard InChI is InChI=1S/2C33H50N4O6/c2*1-2-3-4-5-6-7-8-9-10-11-12-13-14-15-19-22-27(38)40-23-26-28-29(43-33(42-28)25-20-17-16-18-21-25)32(41-26)37-24-35-31(36-37)30(34)39/h2*16-18,20-21,24,26,28-29,32-33H,2-15,19,22-23H2,1H3,(H2,34,39)/t2*26-,28?,29?,32-,33?/m11/s1. The number of carbonyl (C=O) groups excluding carboxylic acids is 4. The first-order valence-corrected chi connectivity index (χ1v) is 32.9. The van der Waals surface area contributed by atoms with Crippen molar-refractivity contribution in [1.82, 2.24) is 29.5 Å². The van der Waals surface area contributed by atoms with Crippen molar-refractivity contribution in [3.8, 4) is 0 Å². The molecule has 476 valence electrons. The number of benzene rings is 2. The van der Waals surface area contributed by atoms with Crippen molar-refractivity contribution in [2.75, 3.05) is 13.2 Å². The van der Waals surface area contributed by atoms with Crippen LogP contribution in [0.5, 0.6) is 0 Å². The molecule has 6 heterocycles. The molecule has 0 saturated carbocycles. The minimum Gasteiger partial charge on any atom is -0.463 e. The van der Waals surface area contributed by atoms with Crippen LogP contribution in [0.25, 0.3) is 0 Å². The number of hydrogen-bond acceptors (Lipinski definition) is 16. The smallest absolute Gasteiger partial charge is 0.305 e. The molecule has 4 N–H and O–H groups in total.